The Morgan fingerprint density at radius 1 is 1.42 bits per heavy atom. The van der Waals surface area contributed by atoms with Gasteiger partial charge in [0, 0.05) is 16.7 Å². The average molecular weight is 357 g/mol. The van der Waals surface area contributed by atoms with E-state index < -0.39 is 28.8 Å². The standard InChI is InChI=1S/C16H13ClF2NO4/c1-24-15(21)16(22)5-4-8-6-9(7-20(23)14(8)16)12-11(18)3-2-10(17)13(12)19/h2-3,6-7,22-23H,4-5H2,1H3/q+1. The molecular formula is C16H13ClF2NO4+. The van der Waals surface area contributed by atoms with Gasteiger partial charge in [0.1, 0.15) is 5.82 Å². The first-order valence-electron chi connectivity index (χ1n) is 7.02. The molecule has 126 valence electrons. The fourth-order valence-corrected chi connectivity index (χ4v) is 3.17. The van der Waals surface area contributed by atoms with Gasteiger partial charge in [0.2, 0.25) is 6.20 Å². The lowest BCUT2D eigenvalue weighted by Crippen LogP contribution is -2.47. The SMILES string of the molecule is COC(=O)C1(O)CCc2cc(-c3c(F)ccc(Cl)c3F)c[n+](O)c21. The maximum Gasteiger partial charge on any atom is 0.349 e. The number of benzene rings is 1. The highest BCUT2D eigenvalue weighted by Gasteiger charge is 2.53. The van der Waals surface area contributed by atoms with Crippen LogP contribution in [-0.2, 0) is 21.6 Å². The first-order chi connectivity index (χ1) is 11.3. The Morgan fingerprint density at radius 2 is 2.12 bits per heavy atom. The van der Waals surface area contributed by atoms with Crippen molar-refractivity contribution in [2.24, 2.45) is 0 Å². The summed E-state index contributed by atoms with van der Waals surface area (Å²) in [5.74, 6) is -2.73. The summed E-state index contributed by atoms with van der Waals surface area (Å²) in [5, 5.41) is 20.4. The Labute approximate surface area is 140 Å². The van der Waals surface area contributed by atoms with Crippen molar-refractivity contribution in [1.29, 1.82) is 0 Å². The first kappa shape index (κ1) is 16.6. The number of carbonyl (C=O) groups is 1. The quantitative estimate of drug-likeness (QED) is 0.374. The van der Waals surface area contributed by atoms with Gasteiger partial charge in [0.05, 0.1) is 23.3 Å². The monoisotopic (exact) mass is 356 g/mol. The van der Waals surface area contributed by atoms with Crippen LogP contribution in [0.2, 0.25) is 5.02 Å². The van der Waals surface area contributed by atoms with Crippen molar-refractivity contribution in [3.63, 3.8) is 0 Å². The van der Waals surface area contributed by atoms with Crippen molar-refractivity contribution in [2.45, 2.75) is 18.4 Å². The van der Waals surface area contributed by atoms with E-state index in [2.05, 4.69) is 4.74 Å². The molecule has 0 aliphatic heterocycles. The Bertz CT molecular complexity index is 858. The lowest BCUT2D eigenvalue weighted by atomic mass is 9.99. The van der Waals surface area contributed by atoms with Gasteiger partial charge in [-0.15, -0.1) is 0 Å². The third-order valence-corrected chi connectivity index (χ3v) is 4.42. The second-order valence-electron chi connectivity index (χ2n) is 5.52. The number of hydrogen-bond acceptors (Lipinski definition) is 4. The van der Waals surface area contributed by atoms with Gasteiger partial charge in [-0.1, -0.05) is 11.6 Å². The number of esters is 1. The predicted molar refractivity (Wildman–Crippen MR) is 78.4 cm³/mol. The molecule has 1 aromatic carbocycles. The second kappa shape index (κ2) is 5.68. The minimum atomic E-state index is -2.01. The number of ether oxygens (including phenoxy) is 1. The number of aryl methyl sites for hydroxylation is 1. The maximum atomic E-state index is 14.2. The molecule has 8 heteroatoms. The van der Waals surface area contributed by atoms with Crippen molar-refractivity contribution in [2.75, 3.05) is 7.11 Å². The second-order valence-corrected chi connectivity index (χ2v) is 5.92. The Kier molecular flexibility index (Phi) is 3.93. The minimum Gasteiger partial charge on any atom is -0.466 e. The molecule has 1 heterocycles. The van der Waals surface area contributed by atoms with Crippen LogP contribution in [0.15, 0.2) is 24.4 Å². The number of pyridine rings is 1. The van der Waals surface area contributed by atoms with Crippen LogP contribution in [0.25, 0.3) is 11.1 Å². The number of nitrogens with zero attached hydrogens (tertiary/aromatic N) is 1. The number of halogens is 3. The summed E-state index contributed by atoms with van der Waals surface area (Å²) in [6.07, 6.45) is 1.22. The van der Waals surface area contributed by atoms with Crippen LogP contribution in [-0.4, -0.2) is 23.4 Å². The van der Waals surface area contributed by atoms with E-state index >= 15 is 0 Å². The summed E-state index contributed by atoms with van der Waals surface area (Å²) in [6.45, 7) is 0. The minimum absolute atomic E-state index is 0.0144. The number of aromatic nitrogens is 1. The van der Waals surface area contributed by atoms with E-state index in [4.69, 9.17) is 11.6 Å². The third kappa shape index (κ3) is 2.32. The molecule has 0 bridgehead atoms. The lowest BCUT2D eigenvalue weighted by molar-refractivity contribution is -0.912. The molecule has 0 radical (unpaired) electrons. The van der Waals surface area contributed by atoms with E-state index in [0.29, 0.717) is 10.3 Å². The van der Waals surface area contributed by atoms with E-state index in [-0.39, 0.29) is 29.1 Å². The molecule has 2 aromatic rings. The zero-order chi connectivity index (χ0) is 17.6. The highest BCUT2D eigenvalue weighted by atomic mass is 35.5. The Balaban J connectivity index is 2.20. The number of hydrogen-bond donors (Lipinski definition) is 2. The lowest BCUT2D eigenvalue weighted by Gasteiger charge is -2.16. The molecule has 1 aliphatic rings. The summed E-state index contributed by atoms with van der Waals surface area (Å²) >= 11 is 5.69. The average Bonchev–Trinajstić information content (AvgIpc) is 2.89. The number of fused-ring (bicyclic) bond motifs is 1. The smallest absolute Gasteiger partial charge is 0.349 e. The maximum absolute atomic E-state index is 14.2. The summed E-state index contributed by atoms with van der Waals surface area (Å²) < 4.78 is 33.3. The number of rotatable bonds is 2. The van der Waals surface area contributed by atoms with E-state index in [1.807, 2.05) is 0 Å². The van der Waals surface area contributed by atoms with Crippen molar-refractivity contribution in [3.05, 3.63) is 52.3 Å². The summed E-state index contributed by atoms with van der Waals surface area (Å²) in [4.78, 5) is 11.8. The number of methoxy groups -OCH3 is 1. The van der Waals surface area contributed by atoms with Gasteiger partial charge in [-0.25, -0.2) is 13.6 Å². The van der Waals surface area contributed by atoms with E-state index in [1.54, 1.807) is 0 Å². The molecule has 0 saturated carbocycles. The van der Waals surface area contributed by atoms with Crippen LogP contribution in [0.5, 0.6) is 0 Å². The van der Waals surface area contributed by atoms with Crippen molar-refractivity contribution in [1.82, 2.24) is 0 Å². The molecule has 2 N–H and O–H groups in total. The topological polar surface area (TPSA) is 70.6 Å². The van der Waals surface area contributed by atoms with Crippen molar-refractivity contribution in [3.8, 4) is 11.1 Å². The number of aliphatic hydroxyl groups is 1. The molecule has 3 rings (SSSR count). The van der Waals surface area contributed by atoms with Gasteiger partial charge >= 0.3 is 5.97 Å². The van der Waals surface area contributed by atoms with Gasteiger partial charge in [0.15, 0.2) is 5.82 Å². The molecule has 24 heavy (non-hydrogen) atoms. The summed E-state index contributed by atoms with van der Waals surface area (Å²) in [7, 11) is 1.12. The van der Waals surface area contributed by atoms with Gasteiger partial charge in [-0.05, 0) is 24.6 Å². The number of carbonyl (C=O) groups excluding carboxylic acids is 1. The Hall–Kier alpha value is -2.25. The molecular weight excluding hydrogens is 344 g/mol. The van der Waals surface area contributed by atoms with E-state index in [0.717, 1.165) is 25.4 Å². The van der Waals surface area contributed by atoms with Crippen LogP contribution in [0, 0.1) is 11.6 Å². The van der Waals surface area contributed by atoms with E-state index in [9.17, 15) is 23.9 Å². The van der Waals surface area contributed by atoms with Gasteiger partial charge in [0.25, 0.3) is 11.3 Å². The van der Waals surface area contributed by atoms with Crippen LogP contribution >= 0.6 is 11.6 Å². The van der Waals surface area contributed by atoms with Crippen LogP contribution < -0.4 is 4.73 Å². The fourth-order valence-electron chi connectivity index (χ4n) is 3.01. The molecule has 0 amide bonds. The van der Waals surface area contributed by atoms with Crippen molar-refractivity contribution >= 4 is 17.6 Å². The molecule has 0 saturated heterocycles. The third-order valence-electron chi connectivity index (χ3n) is 4.13. The van der Waals surface area contributed by atoms with Crippen molar-refractivity contribution < 1.29 is 33.4 Å². The molecule has 5 nitrogen and oxygen atoms in total. The van der Waals surface area contributed by atoms with E-state index in [1.165, 1.54) is 6.07 Å². The van der Waals surface area contributed by atoms with Gasteiger partial charge in [-0.3, -0.25) is 5.21 Å². The van der Waals surface area contributed by atoms with Gasteiger partial charge in [-0.2, -0.15) is 0 Å². The fraction of sp³-hybridized carbons (Fsp3) is 0.250. The molecule has 0 fully saturated rings. The molecule has 1 atom stereocenters. The Morgan fingerprint density at radius 3 is 2.79 bits per heavy atom. The highest BCUT2D eigenvalue weighted by Crippen LogP contribution is 2.38. The molecule has 1 unspecified atom stereocenters. The van der Waals surface area contributed by atoms with Gasteiger partial charge < -0.3 is 9.84 Å². The molecule has 1 aliphatic carbocycles. The normalized spacial score (nSPS) is 19.2. The first-order valence-corrected chi connectivity index (χ1v) is 7.40. The molecule has 0 spiro atoms. The largest absolute Gasteiger partial charge is 0.466 e. The van der Waals surface area contributed by atoms with Crippen LogP contribution in [0.1, 0.15) is 17.7 Å². The predicted octanol–water partition coefficient (Wildman–Crippen LogP) is 2.12. The summed E-state index contributed by atoms with van der Waals surface area (Å²) in [5.41, 5.74) is -2.09. The van der Waals surface area contributed by atoms with Crippen LogP contribution in [0.3, 0.4) is 0 Å². The van der Waals surface area contributed by atoms with Crippen LogP contribution in [0.4, 0.5) is 8.78 Å². The zero-order valence-corrected chi connectivity index (χ0v) is 13.3. The highest BCUT2D eigenvalue weighted by molar-refractivity contribution is 6.31. The molecule has 1 aromatic heterocycles. The zero-order valence-electron chi connectivity index (χ0n) is 12.5. The summed E-state index contributed by atoms with van der Waals surface area (Å²) in [6, 6.07) is 3.51.